The van der Waals surface area contributed by atoms with Gasteiger partial charge in [0.25, 0.3) is 0 Å². The molecule has 0 heterocycles. The van der Waals surface area contributed by atoms with Crippen LogP contribution < -0.4 is 5.32 Å². The molecule has 0 spiro atoms. The Bertz CT molecular complexity index is 804. The van der Waals surface area contributed by atoms with Crippen LogP contribution in [0.5, 0.6) is 0 Å². The molecule has 2 amide bonds. The van der Waals surface area contributed by atoms with Gasteiger partial charge < -0.3 is 10.2 Å². The number of hydrogen-bond donors (Lipinski definition) is 1. The third kappa shape index (κ3) is 5.18. The number of nitrogens with one attached hydrogen (secondary N) is 1. The highest BCUT2D eigenvalue weighted by molar-refractivity contribution is 9.10. The second-order valence-electron chi connectivity index (χ2n) is 6.54. The van der Waals surface area contributed by atoms with Crippen molar-refractivity contribution in [3.8, 4) is 0 Å². The van der Waals surface area contributed by atoms with Crippen LogP contribution in [0.25, 0.3) is 0 Å². The van der Waals surface area contributed by atoms with Gasteiger partial charge in [-0.05, 0) is 55.2 Å². The highest BCUT2D eigenvalue weighted by Crippen LogP contribution is 2.17. The number of carbonyl (C=O) groups excluding carboxylic acids is 2. The number of likely N-dealkylation sites (N-methyl/N-ethyl adjacent to an activating group) is 1. The first-order chi connectivity index (χ1) is 12.3. The summed E-state index contributed by atoms with van der Waals surface area (Å²) in [6, 6.07) is 13.3. The van der Waals surface area contributed by atoms with Gasteiger partial charge in [0.2, 0.25) is 11.8 Å². The lowest BCUT2D eigenvalue weighted by Crippen LogP contribution is -2.47. The molecule has 0 fully saturated rings. The minimum atomic E-state index is -0.543. The highest BCUT2D eigenvalue weighted by atomic mass is 79.9. The highest BCUT2D eigenvalue weighted by Gasteiger charge is 2.25. The van der Waals surface area contributed by atoms with E-state index in [0.717, 1.165) is 21.2 Å². The summed E-state index contributed by atoms with van der Waals surface area (Å²) >= 11 is 3.45. The van der Waals surface area contributed by atoms with Crippen molar-refractivity contribution in [3.63, 3.8) is 0 Å². The molecule has 1 N–H and O–H groups in total. The Balaban J connectivity index is 2.25. The van der Waals surface area contributed by atoms with Gasteiger partial charge in [0.15, 0.2) is 0 Å². The third-order valence-corrected chi connectivity index (χ3v) is 5.08. The Morgan fingerprint density at radius 1 is 1.08 bits per heavy atom. The van der Waals surface area contributed by atoms with Gasteiger partial charge in [0.05, 0.1) is 6.42 Å². The van der Waals surface area contributed by atoms with Gasteiger partial charge in [-0.2, -0.15) is 0 Å². The van der Waals surface area contributed by atoms with Crippen molar-refractivity contribution in [2.75, 3.05) is 7.05 Å². The average Bonchev–Trinajstić information content (AvgIpc) is 2.61. The fourth-order valence-electron chi connectivity index (χ4n) is 2.81. The van der Waals surface area contributed by atoms with E-state index in [9.17, 15) is 9.59 Å². The molecular formula is C21H25BrN2O2. The normalized spacial score (nSPS) is 11.7. The molecular weight excluding hydrogens is 392 g/mol. The number of benzene rings is 2. The molecule has 0 bridgehead atoms. The monoisotopic (exact) mass is 416 g/mol. The molecule has 0 aliphatic heterocycles. The van der Waals surface area contributed by atoms with Gasteiger partial charge in [0, 0.05) is 18.1 Å². The molecule has 5 heteroatoms. The Kier molecular flexibility index (Phi) is 6.98. The average molecular weight is 417 g/mol. The number of nitrogens with zero attached hydrogens (tertiary/aromatic N) is 1. The summed E-state index contributed by atoms with van der Waals surface area (Å²) < 4.78 is 0.948. The summed E-state index contributed by atoms with van der Waals surface area (Å²) in [4.78, 5) is 26.8. The van der Waals surface area contributed by atoms with Gasteiger partial charge in [-0.3, -0.25) is 9.59 Å². The fraction of sp³-hybridized carbons (Fsp3) is 0.333. The van der Waals surface area contributed by atoms with Crippen LogP contribution in [-0.2, 0) is 22.6 Å². The molecule has 4 nitrogen and oxygen atoms in total. The molecule has 2 rings (SSSR count). The number of amides is 2. The summed E-state index contributed by atoms with van der Waals surface area (Å²) in [6.45, 7) is 6.23. The summed E-state index contributed by atoms with van der Waals surface area (Å²) in [5, 5.41) is 2.64. The lowest BCUT2D eigenvalue weighted by atomic mass is 10.0. The minimum absolute atomic E-state index is 0.0654. The number of halogens is 1. The zero-order valence-corrected chi connectivity index (χ0v) is 17.3. The van der Waals surface area contributed by atoms with Crippen LogP contribution in [0.15, 0.2) is 46.9 Å². The molecule has 0 aliphatic carbocycles. The van der Waals surface area contributed by atoms with Crippen molar-refractivity contribution < 1.29 is 9.59 Å². The van der Waals surface area contributed by atoms with Gasteiger partial charge in [0.1, 0.15) is 6.04 Å². The number of carbonyl (C=O) groups is 2. The first-order valence-electron chi connectivity index (χ1n) is 8.63. The standard InChI is InChI=1S/C21H25BrN2O2/c1-14-8-9-17(10-15(14)2)12-20(25)24(16(3)21(26)23-4)13-18-6-5-7-19(22)11-18/h5-11,16H,12-13H2,1-4H3,(H,23,26)/t16-/m1/s1. The van der Waals surface area contributed by atoms with E-state index in [1.54, 1.807) is 18.9 Å². The number of hydrogen-bond acceptors (Lipinski definition) is 2. The molecule has 26 heavy (non-hydrogen) atoms. The molecule has 0 saturated carbocycles. The predicted octanol–water partition coefficient (Wildman–Crippen LogP) is 3.77. The largest absolute Gasteiger partial charge is 0.357 e. The quantitative estimate of drug-likeness (QED) is 0.778. The first kappa shape index (κ1) is 20.2. The van der Waals surface area contributed by atoms with Crippen LogP contribution in [0.2, 0.25) is 0 Å². The molecule has 2 aromatic rings. The van der Waals surface area contributed by atoms with E-state index in [4.69, 9.17) is 0 Å². The summed E-state index contributed by atoms with van der Waals surface area (Å²) in [6.07, 6.45) is 0.274. The fourth-order valence-corrected chi connectivity index (χ4v) is 3.26. The maximum absolute atomic E-state index is 13.0. The molecule has 138 valence electrons. The summed E-state index contributed by atoms with van der Waals surface area (Å²) in [7, 11) is 1.59. The molecule has 0 unspecified atom stereocenters. The topological polar surface area (TPSA) is 49.4 Å². The molecule has 2 aromatic carbocycles. The van der Waals surface area contributed by atoms with Crippen LogP contribution in [0, 0.1) is 13.8 Å². The number of rotatable bonds is 6. The van der Waals surface area contributed by atoms with Crippen molar-refractivity contribution >= 4 is 27.7 Å². The van der Waals surface area contributed by atoms with Crippen molar-refractivity contribution in [1.82, 2.24) is 10.2 Å². The predicted molar refractivity (Wildman–Crippen MR) is 108 cm³/mol. The Hall–Kier alpha value is -2.14. The van der Waals surface area contributed by atoms with E-state index >= 15 is 0 Å². The molecule has 0 radical (unpaired) electrons. The van der Waals surface area contributed by atoms with Gasteiger partial charge in [-0.25, -0.2) is 0 Å². The van der Waals surface area contributed by atoms with E-state index in [1.165, 1.54) is 5.56 Å². The smallest absolute Gasteiger partial charge is 0.242 e. The third-order valence-electron chi connectivity index (χ3n) is 4.58. The second-order valence-corrected chi connectivity index (χ2v) is 7.45. The van der Waals surface area contributed by atoms with Crippen molar-refractivity contribution in [2.24, 2.45) is 0 Å². The van der Waals surface area contributed by atoms with E-state index in [-0.39, 0.29) is 18.2 Å². The maximum Gasteiger partial charge on any atom is 0.242 e. The lowest BCUT2D eigenvalue weighted by molar-refractivity contribution is -0.139. The summed E-state index contributed by atoms with van der Waals surface area (Å²) in [5.41, 5.74) is 4.30. The maximum atomic E-state index is 13.0. The summed E-state index contributed by atoms with van der Waals surface area (Å²) in [5.74, 6) is -0.238. The van der Waals surface area contributed by atoms with Crippen molar-refractivity contribution in [3.05, 3.63) is 69.2 Å². The Morgan fingerprint density at radius 3 is 2.42 bits per heavy atom. The van der Waals surface area contributed by atoms with Crippen LogP contribution in [0.4, 0.5) is 0 Å². The van der Waals surface area contributed by atoms with Gasteiger partial charge in [-0.15, -0.1) is 0 Å². The van der Waals surface area contributed by atoms with Crippen molar-refractivity contribution in [1.29, 1.82) is 0 Å². The van der Waals surface area contributed by atoms with E-state index in [0.29, 0.717) is 6.54 Å². The minimum Gasteiger partial charge on any atom is -0.357 e. The lowest BCUT2D eigenvalue weighted by Gasteiger charge is -2.28. The van der Waals surface area contributed by atoms with Gasteiger partial charge >= 0.3 is 0 Å². The van der Waals surface area contributed by atoms with Crippen molar-refractivity contribution in [2.45, 2.75) is 39.8 Å². The first-order valence-corrected chi connectivity index (χ1v) is 9.42. The van der Waals surface area contributed by atoms with Crippen LogP contribution in [0.3, 0.4) is 0 Å². The van der Waals surface area contributed by atoms with E-state index < -0.39 is 6.04 Å². The number of aryl methyl sites for hydroxylation is 2. The van der Waals surface area contributed by atoms with Crippen LogP contribution >= 0.6 is 15.9 Å². The van der Waals surface area contributed by atoms with E-state index in [1.807, 2.05) is 56.3 Å². The Labute approximate surface area is 163 Å². The SMILES string of the molecule is CNC(=O)[C@@H](C)N(Cc1cccc(Br)c1)C(=O)Cc1ccc(C)c(C)c1. The Morgan fingerprint density at radius 2 is 1.81 bits per heavy atom. The molecule has 1 atom stereocenters. The van der Waals surface area contributed by atoms with Crippen LogP contribution in [-0.4, -0.2) is 29.8 Å². The van der Waals surface area contributed by atoms with Gasteiger partial charge in [-0.1, -0.05) is 46.3 Å². The molecule has 0 aliphatic rings. The zero-order chi connectivity index (χ0) is 19.3. The molecule has 0 saturated heterocycles. The molecule has 0 aromatic heterocycles. The van der Waals surface area contributed by atoms with E-state index in [2.05, 4.69) is 21.2 Å². The van der Waals surface area contributed by atoms with Crippen LogP contribution in [0.1, 0.15) is 29.2 Å². The second kappa shape index (κ2) is 8.99. The zero-order valence-electron chi connectivity index (χ0n) is 15.7.